The Morgan fingerprint density at radius 3 is 2.34 bits per heavy atom. The van der Waals surface area contributed by atoms with E-state index in [4.69, 9.17) is 0 Å². The second kappa shape index (κ2) is 10.2. The zero-order valence-corrected chi connectivity index (χ0v) is 17.3. The molecule has 1 aromatic carbocycles. The van der Waals surface area contributed by atoms with Crippen LogP contribution < -0.4 is 0 Å². The van der Waals surface area contributed by atoms with Gasteiger partial charge in [0.2, 0.25) is 0 Å². The SMILES string of the molecule is CCCCCCCCCC1CCc2nc(-c3ccc(C(F)(F)F)cc3)ncc2C1. The molecular formula is C24H31F3N2. The van der Waals surface area contributed by atoms with Crippen LogP contribution in [0.4, 0.5) is 13.2 Å². The van der Waals surface area contributed by atoms with E-state index in [-0.39, 0.29) is 0 Å². The maximum Gasteiger partial charge on any atom is 0.416 e. The van der Waals surface area contributed by atoms with Gasteiger partial charge >= 0.3 is 6.18 Å². The minimum absolute atomic E-state index is 0.517. The largest absolute Gasteiger partial charge is 0.416 e. The van der Waals surface area contributed by atoms with Crippen molar-refractivity contribution in [2.45, 2.75) is 83.7 Å². The van der Waals surface area contributed by atoms with Crippen molar-refractivity contribution in [2.75, 3.05) is 0 Å². The number of alkyl halides is 3. The average molecular weight is 405 g/mol. The monoisotopic (exact) mass is 404 g/mol. The van der Waals surface area contributed by atoms with E-state index in [1.165, 1.54) is 69.1 Å². The molecular weight excluding hydrogens is 373 g/mol. The summed E-state index contributed by atoms with van der Waals surface area (Å²) in [5.41, 5.74) is 2.25. The van der Waals surface area contributed by atoms with Gasteiger partial charge in [0.25, 0.3) is 0 Å². The Morgan fingerprint density at radius 1 is 0.966 bits per heavy atom. The van der Waals surface area contributed by atoms with Gasteiger partial charge in [-0.15, -0.1) is 0 Å². The summed E-state index contributed by atoms with van der Waals surface area (Å²) in [6, 6.07) is 5.10. The number of hydrogen-bond acceptors (Lipinski definition) is 2. The van der Waals surface area contributed by atoms with Gasteiger partial charge in [-0.1, -0.05) is 70.4 Å². The van der Waals surface area contributed by atoms with Crippen LogP contribution in [0.5, 0.6) is 0 Å². The van der Waals surface area contributed by atoms with Gasteiger partial charge in [0.15, 0.2) is 5.82 Å². The van der Waals surface area contributed by atoms with E-state index in [1.54, 1.807) is 0 Å². The summed E-state index contributed by atoms with van der Waals surface area (Å²) in [7, 11) is 0. The maximum atomic E-state index is 12.7. The summed E-state index contributed by atoms with van der Waals surface area (Å²) in [6.07, 6.45) is 11.3. The number of unbranched alkanes of at least 4 members (excludes halogenated alkanes) is 6. The summed E-state index contributed by atoms with van der Waals surface area (Å²) in [6.45, 7) is 2.25. The molecule has 0 saturated heterocycles. The fourth-order valence-corrected chi connectivity index (χ4v) is 4.17. The van der Waals surface area contributed by atoms with Gasteiger partial charge in [0.05, 0.1) is 5.56 Å². The summed E-state index contributed by atoms with van der Waals surface area (Å²) in [5.74, 6) is 1.22. The highest BCUT2D eigenvalue weighted by Crippen LogP contribution is 2.32. The topological polar surface area (TPSA) is 25.8 Å². The molecule has 0 radical (unpaired) electrons. The van der Waals surface area contributed by atoms with Crippen LogP contribution in [0.2, 0.25) is 0 Å². The standard InChI is InChI=1S/C24H31F3N2/c1-2-3-4-5-6-7-8-9-18-10-15-22-20(16-18)17-28-23(29-22)19-11-13-21(14-12-19)24(25,26)27/h11-14,17-18H,2-10,15-16H2,1H3. The van der Waals surface area contributed by atoms with Crippen molar-refractivity contribution in [2.24, 2.45) is 5.92 Å². The first-order valence-corrected chi connectivity index (χ1v) is 11.0. The van der Waals surface area contributed by atoms with Crippen LogP contribution in [0.15, 0.2) is 30.5 Å². The van der Waals surface area contributed by atoms with Crippen molar-refractivity contribution in [3.8, 4) is 11.4 Å². The van der Waals surface area contributed by atoms with Crippen molar-refractivity contribution in [1.82, 2.24) is 9.97 Å². The number of aryl methyl sites for hydroxylation is 1. The average Bonchev–Trinajstić information content (AvgIpc) is 2.72. The number of aromatic nitrogens is 2. The maximum absolute atomic E-state index is 12.7. The molecule has 1 unspecified atom stereocenters. The zero-order chi connectivity index (χ0) is 20.7. The number of rotatable bonds is 9. The van der Waals surface area contributed by atoms with E-state index in [2.05, 4.69) is 16.9 Å². The Morgan fingerprint density at radius 2 is 1.66 bits per heavy atom. The van der Waals surface area contributed by atoms with E-state index in [0.717, 1.165) is 37.1 Å². The van der Waals surface area contributed by atoms with Crippen LogP contribution in [-0.2, 0) is 19.0 Å². The zero-order valence-electron chi connectivity index (χ0n) is 17.3. The second-order valence-electron chi connectivity index (χ2n) is 8.26. The normalized spacial score (nSPS) is 16.6. The number of nitrogens with zero attached hydrogens (tertiary/aromatic N) is 2. The summed E-state index contributed by atoms with van der Waals surface area (Å²) < 4.78 is 38.2. The predicted molar refractivity (Wildman–Crippen MR) is 111 cm³/mol. The third-order valence-electron chi connectivity index (χ3n) is 5.94. The first-order valence-electron chi connectivity index (χ1n) is 11.0. The van der Waals surface area contributed by atoms with Gasteiger partial charge in [-0.3, -0.25) is 0 Å². The Hall–Kier alpha value is -1.91. The quantitative estimate of drug-likeness (QED) is 0.407. The van der Waals surface area contributed by atoms with Gasteiger partial charge in [0, 0.05) is 17.5 Å². The summed E-state index contributed by atoms with van der Waals surface area (Å²) in [4.78, 5) is 9.09. The van der Waals surface area contributed by atoms with Gasteiger partial charge in [-0.2, -0.15) is 13.2 Å². The van der Waals surface area contributed by atoms with E-state index in [9.17, 15) is 13.2 Å². The Kier molecular flexibility index (Phi) is 7.68. The molecule has 29 heavy (non-hydrogen) atoms. The van der Waals surface area contributed by atoms with Gasteiger partial charge in [-0.25, -0.2) is 9.97 Å². The van der Waals surface area contributed by atoms with Gasteiger partial charge < -0.3 is 0 Å². The van der Waals surface area contributed by atoms with E-state index >= 15 is 0 Å². The van der Waals surface area contributed by atoms with Crippen LogP contribution in [-0.4, -0.2) is 9.97 Å². The molecule has 158 valence electrons. The molecule has 0 N–H and O–H groups in total. The van der Waals surface area contributed by atoms with E-state index in [1.807, 2.05) is 6.20 Å². The molecule has 1 atom stereocenters. The fraction of sp³-hybridized carbons (Fsp3) is 0.583. The number of hydrogen-bond donors (Lipinski definition) is 0. The number of benzene rings is 1. The van der Waals surface area contributed by atoms with Crippen molar-refractivity contribution in [1.29, 1.82) is 0 Å². The van der Waals surface area contributed by atoms with Crippen molar-refractivity contribution < 1.29 is 13.2 Å². The summed E-state index contributed by atoms with van der Waals surface area (Å²) >= 11 is 0. The molecule has 3 rings (SSSR count). The molecule has 0 fully saturated rings. The smallest absolute Gasteiger partial charge is 0.236 e. The third-order valence-corrected chi connectivity index (χ3v) is 5.94. The van der Waals surface area contributed by atoms with Crippen LogP contribution >= 0.6 is 0 Å². The molecule has 5 heteroatoms. The van der Waals surface area contributed by atoms with Crippen LogP contribution in [0.3, 0.4) is 0 Å². The Labute approximate surface area is 172 Å². The van der Waals surface area contributed by atoms with Crippen molar-refractivity contribution in [3.05, 3.63) is 47.3 Å². The van der Waals surface area contributed by atoms with Gasteiger partial charge in [-0.05, 0) is 42.9 Å². The molecule has 0 amide bonds. The predicted octanol–water partition coefficient (Wildman–Crippen LogP) is 7.41. The minimum Gasteiger partial charge on any atom is -0.236 e. The third kappa shape index (κ3) is 6.28. The van der Waals surface area contributed by atoms with Gasteiger partial charge in [0.1, 0.15) is 0 Å². The molecule has 1 heterocycles. The molecule has 1 aliphatic rings. The lowest BCUT2D eigenvalue weighted by molar-refractivity contribution is -0.137. The highest BCUT2D eigenvalue weighted by Gasteiger charge is 2.30. The number of halogens is 3. The lowest BCUT2D eigenvalue weighted by Crippen LogP contribution is -2.16. The molecule has 2 nitrogen and oxygen atoms in total. The second-order valence-corrected chi connectivity index (χ2v) is 8.26. The van der Waals surface area contributed by atoms with Crippen LogP contribution in [0, 0.1) is 5.92 Å². The lowest BCUT2D eigenvalue weighted by atomic mass is 9.84. The molecule has 0 saturated carbocycles. The first-order chi connectivity index (χ1) is 14.0. The highest BCUT2D eigenvalue weighted by molar-refractivity contribution is 5.56. The van der Waals surface area contributed by atoms with E-state index in [0.29, 0.717) is 17.3 Å². The van der Waals surface area contributed by atoms with Crippen molar-refractivity contribution in [3.63, 3.8) is 0 Å². The molecule has 2 aromatic rings. The minimum atomic E-state index is -4.32. The molecule has 0 bridgehead atoms. The van der Waals surface area contributed by atoms with Crippen molar-refractivity contribution >= 4 is 0 Å². The number of fused-ring (bicyclic) bond motifs is 1. The Bertz CT molecular complexity index is 769. The van der Waals surface area contributed by atoms with E-state index < -0.39 is 11.7 Å². The van der Waals surface area contributed by atoms with Crippen LogP contribution in [0.25, 0.3) is 11.4 Å². The summed E-state index contributed by atoms with van der Waals surface area (Å²) in [5, 5.41) is 0. The lowest BCUT2D eigenvalue weighted by Gasteiger charge is -2.24. The molecule has 1 aliphatic carbocycles. The van der Waals surface area contributed by atoms with Crippen LogP contribution in [0.1, 0.15) is 81.5 Å². The first kappa shape index (κ1) is 21.8. The highest BCUT2D eigenvalue weighted by atomic mass is 19.4. The Balaban J connectivity index is 1.52. The molecule has 1 aromatic heterocycles. The molecule has 0 spiro atoms. The molecule has 0 aliphatic heterocycles. The fourth-order valence-electron chi connectivity index (χ4n) is 4.17.